The average molecular weight is 346 g/mol. The summed E-state index contributed by atoms with van der Waals surface area (Å²) in [7, 11) is 0. The first-order valence-corrected chi connectivity index (χ1v) is 7.78. The molecule has 7 heteroatoms. The van der Waals surface area contributed by atoms with Gasteiger partial charge in [0.1, 0.15) is 12.0 Å². The number of amides is 1. The van der Waals surface area contributed by atoms with Crippen LogP contribution in [-0.4, -0.2) is 29.7 Å². The highest BCUT2D eigenvalue weighted by Crippen LogP contribution is 2.55. The van der Waals surface area contributed by atoms with E-state index in [0.717, 1.165) is 11.1 Å². The summed E-state index contributed by atoms with van der Waals surface area (Å²) in [5, 5.41) is 2.82. The molecule has 1 heterocycles. The van der Waals surface area contributed by atoms with Gasteiger partial charge >= 0.3 is 6.18 Å². The molecule has 0 N–H and O–H groups in total. The van der Waals surface area contributed by atoms with Crippen molar-refractivity contribution < 1.29 is 18.0 Å². The third-order valence-corrected chi connectivity index (χ3v) is 5.01. The zero-order valence-corrected chi connectivity index (χ0v) is 13.0. The number of halogens is 3. The molecule has 4 rings (SSSR count). The predicted octanol–water partition coefficient (Wildman–Crippen LogP) is 3.84. The summed E-state index contributed by atoms with van der Waals surface area (Å²) >= 11 is 0. The summed E-state index contributed by atoms with van der Waals surface area (Å²) in [5.74, 6) is -0.716. The summed E-state index contributed by atoms with van der Waals surface area (Å²) in [6.07, 6.45) is -6.02. The van der Waals surface area contributed by atoms with Crippen molar-refractivity contribution >= 4 is 5.91 Å². The average Bonchev–Trinajstić information content (AvgIpc) is 3.03. The van der Waals surface area contributed by atoms with E-state index in [1.807, 2.05) is 24.3 Å². The molecule has 2 aromatic rings. The van der Waals surface area contributed by atoms with Gasteiger partial charge in [0, 0.05) is 6.42 Å². The summed E-state index contributed by atoms with van der Waals surface area (Å²) in [4.78, 5) is 24.9. The van der Waals surface area contributed by atoms with Crippen LogP contribution in [0.15, 0.2) is 53.7 Å². The second kappa shape index (κ2) is 5.15. The molecular formula is C18H13F3N2O2. The van der Waals surface area contributed by atoms with Crippen molar-refractivity contribution in [3.8, 4) is 11.1 Å². The predicted molar refractivity (Wildman–Crippen MR) is 84.6 cm³/mol. The number of carbonyl (C=O) groups is 1. The van der Waals surface area contributed by atoms with Crippen molar-refractivity contribution in [3.05, 3.63) is 64.6 Å². The van der Waals surface area contributed by atoms with E-state index in [4.69, 9.17) is 0 Å². The standard InChI is InChI=1S/C18H13F3N2O2/c19-18(20,21)10-23-15(22-25)9-17(16(23)24)13-7-3-1-5-11(13)12-6-2-4-8-14(12)17/h1-8,15H,9-10H2. The highest BCUT2D eigenvalue weighted by Gasteiger charge is 2.60. The maximum absolute atomic E-state index is 13.1. The van der Waals surface area contributed by atoms with Crippen LogP contribution in [0.2, 0.25) is 0 Å². The number of benzene rings is 2. The minimum atomic E-state index is -4.60. The van der Waals surface area contributed by atoms with E-state index in [9.17, 15) is 22.9 Å². The number of nitrogens with zero attached hydrogens (tertiary/aromatic N) is 2. The van der Waals surface area contributed by atoms with Gasteiger partial charge in [0.25, 0.3) is 0 Å². The fourth-order valence-electron chi connectivity index (χ4n) is 4.09. The Morgan fingerprint density at radius 3 is 2.04 bits per heavy atom. The van der Waals surface area contributed by atoms with E-state index < -0.39 is 30.2 Å². The number of hydrogen-bond acceptors (Lipinski definition) is 3. The number of fused-ring (bicyclic) bond motifs is 5. The first kappa shape index (κ1) is 15.8. The number of carbonyl (C=O) groups excluding carboxylic acids is 1. The number of alkyl halides is 3. The highest BCUT2D eigenvalue weighted by molar-refractivity contribution is 6.02. The Morgan fingerprint density at radius 2 is 1.56 bits per heavy atom. The van der Waals surface area contributed by atoms with Gasteiger partial charge in [-0.05, 0) is 27.4 Å². The molecule has 1 spiro atoms. The second-order valence-electron chi connectivity index (χ2n) is 6.33. The Bertz CT molecular complexity index is 833. The molecular weight excluding hydrogens is 333 g/mol. The fourth-order valence-corrected chi connectivity index (χ4v) is 4.09. The van der Waals surface area contributed by atoms with Crippen LogP contribution in [0.3, 0.4) is 0 Å². The number of rotatable bonds is 2. The first-order chi connectivity index (χ1) is 11.9. The number of hydrogen-bond donors (Lipinski definition) is 0. The molecule has 1 unspecified atom stereocenters. The lowest BCUT2D eigenvalue weighted by atomic mass is 9.76. The minimum absolute atomic E-state index is 0.0839. The van der Waals surface area contributed by atoms with E-state index in [-0.39, 0.29) is 6.42 Å². The Balaban J connectivity index is 1.93. The molecule has 0 radical (unpaired) electrons. The maximum atomic E-state index is 13.1. The van der Waals surface area contributed by atoms with Crippen LogP contribution in [0.4, 0.5) is 13.2 Å². The summed E-state index contributed by atoms with van der Waals surface area (Å²) in [6.45, 7) is -1.48. The molecule has 4 nitrogen and oxygen atoms in total. The largest absolute Gasteiger partial charge is 0.406 e. The van der Waals surface area contributed by atoms with Gasteiger partial charge in [-0.2, -0.15) is 13.2 Å². The fraction of sp³-hybridized carbons (Fsp3) is 0.278. The van der Waals surface area contributed by atoms with Crippen LogP contribution < -0.4 is 0 Å². The molecule has 1 atom stereocenters. The van der Waals surface area contributed by atoms with Gasteiger partial charge < -0.3 is 4.90 Å². The van der Waals surface area contributed by atoms with E-state index in [0.29, 0.717) is 16.0 Å². The maximum Gasteiger partial charge on any atom is 0.406 e. The quantitative estimate of drug-likeness (QED) is 0.776. The molecule has 2 aliphatic rings. The molecule has 1 aliphatic heterocycles. The van der Waals surface area contributed by atoms with E-state index >= 15 is 0 Å². The topological polar surface area (TPSA) is 49.7 Å². The summed E-state index contributed by atoms with van der Waals surface area (Å²) in [6, 6.07) is 14.3. The van der Waals surface area contributed by atoms with E-state index in [1.165, 1.54) is 0 Å². The molecule has 2 aromatic carbocycles. The van der Waals surface area contributed by atoms with Gasteiger partial charge in [-0.15, -0.1) is 4.91 Å². The Hall–Kier alpha value is -2.70. The summed E-state index contributed by atoms with van der Waals surface area (Å²) in [5.41, 5.74) is 1.62. The molecule has 128 valence electrons. The third kappa shape index (κ3) is 2.11. The van der Waals surface area contributed by atoms with Gasteiger partial charge in [0.05, 0.1) is 0 Å². The molecule has 25 heavy (non-hydrogen) atoms. The molecule has 1 fully saturated rings. The zero-order chi connectivity index (χ0) is 17.8. The molecule has 0 bridgehead atoms. The van der Waals surface area contributed by atoms with Crippen LogP contribution >= 0.6 is 0 Å². The first-order valence-electron chi connectivity index (χ1n) is 7.78. The molecule has 1 aliphatic carbocycles. The number of nitroso groups, excluding NO2 is 1. The smallest absolute Gasteiger partial charge is 0.307 e. The lowest BCUT2D eigenvalue weighted by molar-refractivity contribution is -0.161. The number of likely N-dealkylation sites (tertiary alicyclic amines) is 1. The van der Waals surface area contributed by atoms with Crippen LogP contribution in [0.25, 0.3) is 11.1 Å². The monoisotopic (exact) mass is 346 g/mol. The van der Waals surface area contributed by atoms with E-state index in [1.54, 1.807) is 24.3 Å². The van der Waals surface area contributed by atoms with Gasteiger partial charge in [0.2, 0.25) is 5.91 Å². The normalized spacial score (nSPS) is 20.7. The van der Waals surface area contributed by atoms with Crippen molar-refractivity contribution in [2.45, 2.75) is 24.2 Å². The molecule has 0 saturated carbocycles. The minimum Gasteiger partial charge on any atom is -0.307 e. The van der Waals surface area contributed by atoms with Gasteiger partial charge in [-0.3, -0.25) is 4.79 Å². The SMILES string of the molecule is O=NC1CC2(C(=O)N1CC(F)(F)F)c1ccccc1-c1ccccc12. The highest BCUT2D eigenvalue weighted by atomic mass is 19.4. The van der Waals surface area contributed by atoms with Gasteiger partial charge in [-0.25, -0.2) is 0 Å². The van der Waals surface area contributed by atoms with Crippen molar-refractivity contribution in [1.82, 2.24) is 4.90 Å². The Kier molecular flexibility index (Phi) is 3.25. The van der Waals surface area contributed by atoms with Gasteiger partial charge in [-0.1, -0.05) is 48.5 Å². The van der Waals surface area contributed by atoms with E-state index in [2.05, 4.69) is 5.18 Å². The Labute approximate surface area is 141 Å². The lowest BCUT2D eigenvalue weighted by Crippen LogP contribution is -2.43. The Morgan fingerprint density at radius 1 is 1.04 bits per heavy atom. The van der Waals surface area contributed by atoms with Crippen LogP contribution in [-0.2, 0) is 10.2 Å². The van der Waals surface area contributed by atoms with Crippen molar-refractivity contribution in [3.63, 3.8) is 0 Å². The lowest BCUT2D eigenvalue weighted by Gasteiger charge is -2.26. The molecule has 1 saturated heterocycles. The second-order valence-corrected chi connectivity index (χ2v) is 6.33. The van der Waals surface area contributed by atoms with Crippen molar-refractivity contribution in [2.24, 2.45) is 5.18 Å². The van der Waals surface area contributed by atoms with Crippen LogP contribution in [0, 0.1) is 4.91 Å². The van der Waals surface area contributed by atoms with Crippen LogP contribution in [0.5, 0.6) is 0 Å². The summed E-state index contributed by atoms with van der Waals surface area (Å²) < 4.78 is 38.8. The molecule has 0 aromatic heterocycles. The van der Waals surface area contributed by atoms with Crippen LogP contribution in [0.1, 0.15) is 17.5 Å². The third-order valence-electron chi connectivity index (χ3n) is 5.01. The zero-order valence-electron chi connectivity index (χ0n) is 13.0. The molecule has 1 amide bonds. The van der Waals surface area contributed by atoms with Crippen molar-refractivity contribution in [1.29, 1.82) is 0 Å². The van der Waals surface area contributed by atoms with Gasteiger partial charge in [0.15, 0.2) is 6.17 Å². The van der Waals surface area contributed by atoms with Crippen molar-refractivity contribution in [2.75, 3.05) is 6.54 Å².